The number of phenolic OH excluding ortho intramolecular Hbond substituents is 1. The van der Waals surface area contributed by atoms with Gasteiger partial charge in [0.25, 0.3) is 0 Å². The van der Waals surface area contributed by atoms with E-state index in [-0.39, 0.29) is 5.75 Å². The lowest BCUT2D eigenvalue weighted by molar-refractivity contribution is 0.475. The molecule has 4 nitrogen and oxygen atoms in total. The number of aryl methyl sites for hydroxylation is 2. The Morgan fingerprint density at radius 2 is 1.84 bits per heavy atom. The van der Waals surface area contributed by atoms with Gasteiger partial charge in [0, 0.05) is 42.9 Å². The van der Waals surface area contributed by atoms with Crippen LogP contribution in [0.5, 0.6) is 5.75 Å². The zero-order valence-electron chi connectivity index (χ0n) is 14.3. The average molecular weight is 333 g/mol. The van der Waals surface area contributed by atoms with E-state index >= 15 is 0 Å². The van der Waals surface area contributed by atoms with Gasteiger partial charge in [-0.15, -0.1) is 0 Å². The third kappa shape index (κ3) is 3.44. The molecule has 25 heavy (non-hydrogen) atoms. The number of fused-ring (bicyclic) bond motifs is 1. The molecular weight excluding hydrogens is 310 g/mol. The van der Waals surface area contributed by atoms with Crippen LogP contribution in [0.3, 0.4) is 0 Å². The van der Waals surface area contributed by atoms with Crippen molar-refractivity contribution in [3.63, 3.8) is 0 Å². The molecule has 2 N–H and O–H groups in total. The quantitative estimate of drug-likeness (QED) is 0.751. The fourth-order valence-corrected chi connectivity index (χ4v) is 3.53. The second kappa shape index (κ2) is 7.11. The van der Waals surface area contributed by atoms with Crippen LogP contribution >= 0.6 is 0 Å². The number of aromatic nitrogens is 2. The Bertz CT molecular complexity index is 838. The van der Waals surface area contributed by atoms with E-state index < -0.39 is 0 Å². The summed E-state index contributed by atoms with van der Waals surface area (Å²) in [6.07, 6.45) is 3.18. The summed E-state index contributed by atoms with van der Waals surface area (Å²) in [6, 6.07) is 18.0. The highest BCUT2D eigenvalue weighted by Crippen LogP contribution is 2.29. The van der Waals surface area contributed by atoms with E-state index in [0.717, 1.165) is 50.2 Å². The van der Waals surface area contributed by atoms with Gasteiger partial charge in [-0.2, -0.15) is 5.10 Å². The van der Waals surface area contributed by atoms with Crippen LogP contribution in [0.1, 0.15) is 23.2 Å². The van der Waals surface area contributed by atoms with E-state index in [9.17, 15) is 5.11 Å². The number of phenols is 1. The number of hydrogen-bond acceptors (Lipinski definition) is 3. The zero-order valence-corrected chi connectivity index (χ0v) is 14.3. The van der Waals surface area contributed by atoms with E-state index in [1.165, 1.54) is 16.8 Å². The van der Waals surface area contributed by atoms with Crippen molar-refractivity contribution in [3.05, 3.63) is 71.4 Å². The number of nitrogens with one attached hydrogen (secondary N) is 1. The molecule has 128 valence electrons. The molecule has 0 spiro atoms. The maximum absolute atomic E-state index is 9.53. The summed E-state index contributed by atoms with van der Waals surface area (Å²) in [6.45, 7) is 2.81. The topological polar surface area (TPSA) is 50.1 Å². The van der Waals surface area contributed by atoms with E-state index in [4.69, 9.17) is 5.10 Å². The van der Waals surface area contributed by atoms with Crippen molar-refractivity contribution < 1.29 is 5.11 Å². The van der Waals surface area contributed by atoms with Gasteiger partial charge in [-0.05, 0) is 42.7 Å². The Kier molecular flexibility index (Phi) is 4.53. The minimum Gasteiger partial charge on any atom is -0.508 e. The van der Waals surface area contributed by atoms with Crippen LogP contribution in [-0.2, 0) is 25.9 Å². The Balaban J connectivity index is 1.56. The minimum absolute atomic E-state index is 0.290. The van der Waals surface area contributed by atoms with Crippen LogP contribution < -0.4 is 5.32 Å². The van der Waals surface area contributed by atoms with Crippen LogP contribution in [0.2, 0.25) is 0 Å². The van der Waals surface area contributed by atoms with Gasteiger partial charge in [0.1, 0.15) is 5.75 Å². The standard InChI is InChI=1S/C21H23N3O/c25-18-10-8-17(9-11-18)21-19-15-22-13-12-20(19)24(23-21)14-4-7-16-5-2-1-3-6-16/h1-3,5-6,8-11,22,25H,4,7,12-15H2. The second-order valence-electron chi connectivity index (χ2n) is 6.56. The molecule has 1 aliphatic rings. The fourth-order valence-electron chi connectivity index (χ4n) is 3.53. The first kappa shape index (κ1) is 15.9. The van der Waals surface area contributed by atoms with E-state index in [0.29, 0.717) is 0 Å². The smallest absolute Gasteiger partial charge is 0.115 e. The summed E-state index contributed by atoms with van der Waals surface area (Å²) in [7, 11) is 0. The first-order valence-corrected chi connectivity index (χ1v) is 8.94. The average Bonchev–Trinajstić information content (AvgIpc) is 3.02. The summed E-state index contributed by atoms with van der Waals surface area (Å²) in [5.74, 6) is 0.290. The molecule has 0 unspecified atom stereocenters. The Morgan fingerprint density at radius 1 is 1.04 bits per heavy atom. The maximum Gasteiger partial charge on any atom is 0.115 e. The summed E-state index contributed by atoms with van der Waals surface area (Å²) < 4.78 is 2.20. The van der Waals surface area contributed by atoms with Gasteiger partial charge < -0.3 is 10.4 Å². The molecule has 0 bridgehead atoms. The van der Waals surface area contributed by atoms with Gasteiger partial charge in [-0.1, -0.05) is 30.3 Å². The van der Waals surface area contributed by atoms with Crippen molar-refractivity contribution >= 4 is 0 Å². The van der Waals surface area contributed by atoms with Crippen molar-refractivity contribution in [2.75, 3.05) is 6.54 Å². The molecule has 2 heterocycles. The first-order chi connectivity index (χ1) is 12.3. The Labute approximate surface area is 148 Å². The van der Waals surface area contributed by atoms with Crippen LogP contribution in [0.15, 0.2) is 54.6 Å². The molecule has 0 saturated heterocycles. The van der Waals surface area contributed by atoms with Crippen LogP contribution in [-0.4, -0.2) is 21.4 Å². The molecule has 4 heteroatoms. The highest BCUT2D eigenvalue weighted by Gasteiger charge is 2.21. The SMILES string of the molecule is Oc1ccc(-c2nn(CCCc3ccccc3)c3c2CNCC3)cc1. The molecule has 1 aliphatic heterocycles. The van der Waals surface area contributed by atoms with E-state index in [1.807, 2.05) is 12.1 Å². The van der Waals surface area contributed by atoms with Crippen molar-refractivity contribution in [1.82, 2.24) is 15.1 Å². The predicted molar refractivity (Wildman–Crippen MR) is 99.5 cm³/mol. The normalized spacial score (nSPS) is 13.6. The minimum atomic E-state index is 0.290. The molecule has 3 aromatic rings. The fraction of sp³-hybridized carbons (Fsp3) is 0.286. The summed E-state index contributed by atoms with van der Waals surface area (Å²) >= 11 is 0. The van der Waals surface area contributed by atoms with E-state index in [2.05, 4.69) is 40.3 Å². The summed E-state index contributed by atoms with van der Waals surface area (Å²) in [4.78, 5) is 0. The molecule has 2 aromatic carbocycles. The number of aromatic hydroxyl groups is 1. The molecule has 0 aliphatic carbocycles. The van der Waals surface area contributed by atoms with Crippen molar-refractivity contribution in [1.29, 1.82) is 0 Å². The largest absolute Gasteiger partial charge is 0.508 e. The van der Waals surface area contributed by atoms with Crippen LogP contribution in [0.25, 0.3) is 11.3 Å². The number of benzene rings is 2. The first-order valence-electron chi connectivity index (χ1n) is 8.94. The molecule has 0 radical (unpaired) electrons. The lowest BCUT2D eigenvalue weighted by atomic mass is 10.0. The van der Waals surface area contributed by atoms with Gasteiger partial charge in [0.15, 0.2) is 0 Å². The molecule has 1 aromatic heterocycles. The van der Waals surface area contributed by atoms with Crippen molar-refractivity contribution in [3.8, 4) is 17.0 Å². The molecule has 0 atom stereocenters. The molecule has 0 saturated carbocycles. The van der Waals surface area contributed by atoms with Gasteiger partial charge in [0.05, 0.1) is 5.69 Å². The van der Waals surface area contributed by atoms with Crippen molar-refractivity contribution in [2.24, 2.45) is 0 Å². The van der Waals surface area contributed by atoms with Crippen LogP contribution in [0.4, 0.5) is 0 Å². The number of rotatable bonds is 5. The van der Waals surface area contributed by atoms with Crippen LogP contribution in [0, 0.1) is 0 Å². The Hall–Kier alpha value is -2.59. The van der Waals surface area contributed by atoms with Crippen molar-refractivity contribution in [2.45, 2.75) is 32.4 Å². The lowest BCUT2D eigenvalue weighted by Gasteiger charge is -2.15. The molecular formula is C21H23N3O. The van der Waals surface area contributed by atoms with Gasteiger partial charge in [-0.25, -0.2) is 0 Å². The van der Waals surface area contributed by atoms with E-state index in [1.54, 1.807) is 12.1 Å². The zero-order chi connectivity index (χ0) is 17.1. The van der Waals surface area contributed by atoms with Gasteiger partial charge in [0.2, 0.25) is 0 Å². The number of hydrogen-bond donors (Lipinski definition) is 2. The molecule has 4 rings (SSSR count). The van der Waals surface area contributed by atoms with Gasteiger partial charge >= 0.3 is 0 Å². The lowest BCUT2D eigenvalue weighted by Crippen LogP contribution is -2.25. The Morgan fingerprint density at radius 3 is 2.64 bits per heavy atom. The molecule has 0 amide bonds. The third-order valence-corrected chi connectivity index (χ3v) is 4.83. The molecule has 0 fully saturated rings. The third-order valence-electron chi connectivity index (χ3n) is 4.83. The summed E-state index contributed by atoms with van der Waals surface area (Å²) in [5, 5.41) is 17.9. The van der Waals surface area contributed by atoms with Gasteiger partial charge in [-0.3, -0.25) is 4.68 Å². The highest BCUT2D eigenvalue weighted by molar-refractivity contribution is 5.65. The maximum atomic E-state index is 9.53. The predicted octanol–water partition coefficient (Wildman–Crippen LogP) is 3.53. The number of nitrogens with zero attached hydrogens (tertiary/aromatic N) is 2. The summed E-state index contributed by atoms with van der Waals surface area (Å²) in [5.41, 5.74) is 6.15. The highest BCUT2D eigenvalue weighted by atomic mass is 16.3. The second-order valence-corrected chi connectivity index (χ2v) is 6.56. The monoisotopic (exact) mass is 333 g/mol.